The SMILES string of the molecule is COc1cc(NC(=O)CC(C)=O)c(Cl)cc1NC(=O)CC(C)=O. The number of ether oxygens (including phenoxy) is 1. The van der Waals surface area contributed by atoms with Gasteiger partial charge in [-0.25, -0.2) is 0 Å². The zero-order valence-corrected chi connectivity index (χ0v) is 13.7. The van der Waals surface area contributed by atoms with Crippen molar-refractivity contribution in [1.82, 2.24) is 0 Å². The van der Waals surface area contributed by atoms with Crippen LogP contribution >= 0.6 is 11.6 Å². The fraction of sp³-hybridized carbons (Fsp3) is 0.333. The van der Waals surface area contributed by atoms with Crippen LogP contribution in [0.15, 0.2) is 12.1 Å². The van der Waals surface area contributed by atoms with Gasteiger partial charge in [0.25, 0.3) is 0 Å². The van der Waals surface area contributed by atoms with E-state index >= 15 is 0 Å². The first-order chi connectivity index (χ1) is 10.7. The van der Waals surface area contributed by atoms with Gasteiger partial charge in [0.05, 0.1) is 36.3 Å². The molecule has 0 saturated carbocycles. The van der Waals surface area contributed by atoms with Crippen molar-refractivity contribution in [2.75, 3.05) is 17.7 Å². The molecule has 23 heavy (non-hydrogen) atoms. The Hall–Kier alpha value is -2.41. The molecule has 0 radical (unpaired) electrons. The highest BCUT2D eigenvalue weighted by molar-refractivity contribution is 6.34. The summed E-state index contributed by atoms with van der Waals surface area (Å²) in [5.41, 5.74) is 0.521. The quantitative estimate of drug-likeness (QED) is 0.741. The smallest absolute Gasteiger partial charge is 0.231 e. The number of anilines is 2. The van der Waals surface area contributed by atoms with Crippen molar-refractivity contribution in [3.8, 4) is 5.75 Å². The molecular weight excluding hydrogens is 324 g/mol. The summed E-state index contributed by atoms with van der Waals surface area (Å²) in [5, 5.41) is 5.15. The molecule has 124 valence electrons. The molecule has 0 fully saturated rings. The summed E-state index contributed by atoms with van der Waals surface area (Å²) >= 11 is 6.05. The lowest BCUT2D eigenvalue weighted by Gasteiger charge is -2.14. The molecule has 1 aromatic rings. The molecule has 7 nitrogen and oxygen atoms in total. The van der Waals surface area contributed by atoms with E-state index in [2.05, 4.69) is 10.6 Å². The Morgan fingerprint density at radius 2 is 1.43 bits per heavy atom. The normalized spacial score (nSPS) is 9.91. The van der Waals surface area contributed by atoms with E-state index in [1.807, 2.05) is 0 Å². The number of benzene rings is 1. The van der Waals surface area contributed by atoms with E-state index in [0.29, 0.717) is 0 Å². The number of hydrogen-bond acceptors (Lipinski definition) is 5. The van der Waals surface area contributed by atoms with E-state index < -0.39 is 11.8 Å². The predicted octanol–water partition coefficient (Wildman–Crippen LogP) is 2.18. The highest BCUT2D eigenvalue weighted by Crippen LogP contribution is 2.34. The van der Waals surface area contributed by atoms with Gasteiger partial charge in [-0.3, -0.25) is 19.2 Å². The van der Waals surface area contributed by atoms with Crippen LogP contribution in [0, 0.1) is 0 Å². The lowest BCUT2D eigenvalue weighted by molar-refractivity contribution is -0.125. The number of rotatable bonds is 7. The van der Waals surface area contributed by atoms with E-state index in [0.717, 1.165) is 0 Å². The van der Waals surface area contributed by atoms with E-state index in [1.165, 1.54) is 33.1 Å². The lowest BCUT2D eigenvalue weighted by atomic mass is 10.2. The molecule has 2 N–H and O–H groups in total. The number of nitrogens with one attached hydrogen (secondary N) is 2. The summed E-state index contributed by atoms with van der Waals surface area (Å²) in [6.45, 7) is 2.60. The van der Waals surface area contributed by atoms with Crippen molar-refractivity contribution < 1.29 is 23.9 Å². The van der Waals surface area contributed by atoms with Gasteiger partial charge in [0.15, 0.2) is 0 Å². The maximum atomic E-state index is 11.6. The Bertz CT molecular complexity index is 658. The second kappa shape index (κ2) is 8.28. The highest BCUT2D eigenvalue weighted by Gasteiger charge is 2.15. The van der Waals surface area contributed by atoms with Gasteiger partial charge in [-0.05, 0) is 19.9 Å². The average Bonchev–Trinajstić information content (AvgIpc) is 2.39. The Labute approximate surface area is 138 Å². The van der Waals surface area contributed by atoms with Crippen molar-refractivity contribution in [3.63, 3.8) is 0 Å². The summed E-state index contributed by atoms with van der Waals surface area (Å²) in [5.74, 6) is -1.31. The van der Waals surface area contributed by atoms with Crippen LogP contribution in [0.1, 0.15) is 26.7 Å². The van der Waals surface area contributed by atoms with Crippen LogP contribution < -0.4 is 15.4 Å². The summed E-state index contributed by atoms with van der Waals surface area (Å²) in [7, 11) is 1.38. The minimum Gasteiger partial charge on any atom is -0.494 e. The molecule has 0 spiro atoms. The zero-order chi connectivity index (χ0) is 17.6. The number of carbonyl (C=O) groups excluding carboxylic acids is 4. The van der Waals surface area contributed by atoms with Crippen molar-refractivity contribution in [3.05, 3.63) is 17.2 Å². The van der Waals surface area contributed by atoms with E-state index in [-0.39, 0.29) is 46.6 Å². The van der Waals surface area contributed by atoms with Crippen molar-refractivity contribution in [2.24, 2.45) is 0 Å². The first kappa shape index (κ1) is 18.6. The third kappa shape index (κ3) is 6.07. The van der Waals surface area contributed by atoms with E-state index in [1.54, 1.807) is 0 Å². The van der Waals surface area contributed by atoms with E-state index in [9.17, 15) is 19.2 Å². The topological polar surface area (TPSA) is 102 Å². The van der Waals surface area contributed by atoms with Gasteiger partial charge in [0.1, 0.15) is 17.3 Å². The van der Waals surface area contributed by atoms with Crippen LogP contribution in [0.2, 0.25) is 5.02 Å². The number of halogens is 1. The van der Waals surface area contributed by atoms with Gasteiger partial charge in [-0.2, -0.15) is 0 Å². The average molecular weight is 341 g/mol. The molecule has 1 aromatic carbocycles. The largest absolute Gasteiger partial charge is 0.494 e. The molecule has 0 aliphatic carbocycles. The van der Waals surface area contributed by atoms with Crippen molar-refractivity contribution in [1.29, 1.82) is 0 Å². The third-order valence-electron chi connectivity index (χ3n) is 2.66. The Morgan fingerprint density at radius 3 is 1.87 bits per heavy atom. The van der Waals surface area contributed by atoms with E-state index in [4.69, 9.17) is 16.3 Å². The Kier molecular flexibility index (Phi) is 6.71. The number of carbonyl (C=O) groups is 4. The molecular formula is C15H17ClN2O5. The maximum absolute atomic E-state index is 11.6. The van der Waals surface area contributed by atoms with Gasteiger partial charge in [0, 0.05) is 6.07 Å². The highest BCUT2D eigenvalue weighted by atomic mass is 35.5. The second-order valence-corrected chi connectivity index (χ2v) is 5.29. The molecule has 1 rings (SSSR count). The molecule has 0 heterocycles. The standard InChI is InChI=1S/C15H17ClN2O5/c1-8(19)4-14(21)17-11-7-13(23-3)12(6-10(11)16)18-15(22)5-9(2)20/h6-7H,4-5H2,1-3H3,(H,17,21)(H,18,22). The summed E-state index contributed by atoms with van der Waals surface area (Å²) in [6, 6.07) is 2.81. The molecule has 0 atom stereocenters. The Balaban J connectivity index is 2.98. The van der Waals surface area contributed by atoms with Gasteiger partial charge < -0.3 is 15.4 Å². The molecule has 0 aliphatic heterocycles. The minimum atomic E-state index is -0.505. The molecule has 0 bridgehead atoms. The van der Waals surface area contributed by atoms with Gasteiger partial charge in [-0.1, -0.05) is 11.6 Å². The van der Waals surface area contributed by atoms with Crippen LogP contribution in [-0.4, -0.2) is 30.5 Å². The van der Waals surface area contributed by atoms with Crippen molar-refractivity contribution >= 4 is 46.4 Å². The van der Waals surface area contributed by atoms with Gasteiger partial charge in [0.2, 0.25) is 11.8 Å². The summed E-state index contributed by atoms with van der Waals surface area (Å²) in [6.07, 6.45) is -0.534. The summed E-state index contributed by atoms with van der Waals surface area (Å²) in [4.78, 5) is 45.1. The summed E-state index contributed by atoms with van der Waals surface area (Å²) < 4.78 is 5.13. The fourth-order valence-corrected chi connectivity index (χ4v) is 1.97. The lowest BCUT2D eigenvalue weighted by Crippen LogP contribution is -2.17. The molecule has 0 saturated heterocycles. The van der Waals surface area contributed by atoms with Gasteiger partial charge >= 0.3 is 0 Å². The number of methoxy groups -OCH3 is 1. The second-order valence-electron chi connectivity index (χ2n) is 4.89. The predicted molar refractivity (Wildman–Crippen MR) is 85.9 cm³/mol. The minimum absolute atomic E-state index is 0.154. The van der Waals surface area contributed by atoms with Crippen LogP contribution in [0.3, 0.4) is 0 Å². The number of Topliss-reactive ketones (excluding diaryl/α,β-unsaturated/α-hetero) is 2. The number of hydrogen-bond donors (Lipinski definition) is 2. The maximum Gasteiger partial charge on any atom is 0.231 e. The fourth-order valence-electron chi connectivity index (χ4n) is 1.76. The first-order valence-corrected chi connectivity index (χ1v) is 7.06. The molecule has 8 heteroatoms. The van der Waals surface area contributed by atoms with Crippen LogP contribution in [0.25, 0.3) is 0 Å². The molecule has 0 aliphatic rings. The number of amides is 2. The Morgan fingerprint density at radius 1 is 0.957 bits per heavy atom. The van der Waals surface area contributed by atoms with Crippen LogP contribution in [-0.2, 0) is 19.2 Å². The molecule has 2 amide bonds. The molecule has 0 unspecified atom stereocenters. The first-order valence-electron chi connectivity index (χ1n) is 6.69. The monoisotopic (exact) mass is 340 g/mol. The zero-order valence-electron chi connectivity index (χ0n) is 13.0. The van der Waals surface area contributed by atoms with Crippen molar-refractivity contribution in [2.45, 2.75) is 26.7 Å². The molecule has 0 aromatic heterocycles. The van der Waals surface area contributed by atoms with Gasteiger partial charge in [-0.15, -0.1) is 0 Å². The van der Waals surface area contributed by atoms with Crippen LogP contribution in [0.5, 0.6) is 5.75 Å². The third-order valence-corrected chi connectivity index (χ3v) is 2.97. The number of ketones is 2. The van der Waals surface area contributed by atoms with Crippen LogP contribution in [0.4, 0.5) is 11.4 Å².